The first-order valence-electron chi connectivity index (χ1n) is 5.92. The van der Waals surface area contributed by atoms with E-state index in [9.17, 15) is 5.11 Å². The van der Waals surface area contributed by atoms with E-state index in [4.69, 9.17) is 9.15 Å². The lowest BCUT2D eigenvalue weighted by molar-refractivity contribution is 0.0435. The van der Waals surface area contributed by atoms with Gasteiger partial charge in [0, 0.05) is 17.1 Å². The molecule has 0 fully saturated rings. The third-order valence-electron chi connectivity index (χ3n) is 2.95. The van der Waals surface area contributed by atoms with Crippen LogP contribution in [0.1, 0.15) is 5.76 Å². The standard InChI is InChI=1S/C14H14O3S/c15-11(8-10-4-3-7-16-10)13-9-18-14-6-2-1-5-12(14)17-13/h1-7,11,13,15H,8-9H2. The van der Waals surface area contributed by atoms with Crippen molar-refractivity contribution in [1.29, 1.82) is 0 Å². The largest absolute Gasteiger partial charge is 0.486 e. The Morgan fingerprint density at radius 3 is 3.00 bits per heavy atom. The number of para-hydroxylation sites is 1. The van der Waals surface area contributed by atoms with Gasteiger partial charge in [-0.15, -0.1) is 11.8 Å². The molecule has 0 radical (unpaired) electrons. The molecule has 1 aliphatic heterocycles. The predicted molar refractivity (Wildman–Crippen MR) is 70.0 cm³/mol. The van der Waals surface area contributed by atoms with Crippen LogP contribution in [0.4, 0.5) is 0 Å². The van der Waals surface area contributed by atoms with Crippen molar-refractivity contribution in [2.45, 2.75) is 23.5 Å². The molecular weight excluding hydrogens is 248 g/mol. The number of rotatable bonds is 3. The highest BCUT2D eigenvalue weighted by Crippen LogP contribution is 2.36. The van der Waals surface area contributed by atoms with E-state index >= 15 is 0 Å². The summed E-state index contributed by atoms with van der Waals surface area (Å²) in [6, 6.07) is 11.6. The van der Waals surface area contributed by atoms with Gasteiger partial charge in [0.15, 0.2) is 0 Å². The Hall–Kier alpha value is -1.39. The maximum atomic E-state index is 10.2. The molecule has 94 valence electrons. The molecule has 2 heterocycles. The number of ether oxygens (including phenoxy) is 1. The van der Waals surface area contributed by atoms with Crippen LogP contribution in [0.15, 0.2) is 52.0 Å². The number of thioether (sulfide) groups is 1. The molecule has 0 bridgehead atoms. The van der Waals surface area contributed by atoms with E-state index in [-0.39, 0.29) is 6.10 Å². The Bertz CT molecular complexity index is 510. The molecule has 0 saturated carbocycles. The van der Waals surface area contributed by atoms with Gasteiger partial charge in [0.25, 0.3) is 0 Å². The summed E-state index contributed by atoms with van der Waals surface area (Å²) in [6.45, 7) is 0. The van der Waals surface area contributed by atoms with Crippen molar-refractivity contribution in [3.8, 4) is 5.75 Å². The number of hydrogen-bond donors (Lipinski definition) is 1. The summed E-state index contributed by atoms with van der Waals surface area (Å²) in [4.78, 5) is 1.14. The third-order valence-corrected chi connectivity index (χ3v) is 4.09. The van der Waals surface area contributed by atoms with Gasteiger partial charge in [0.05, 0.1) is 12.4 Å². The Morgan fingerprint density at radius 1 is 1.28 bits per heavy atom. The van der Waals surface area contributed by atoms with Crippen molar-refractivity contribution in [1.82, 2.24) is 0 Å². The Morgan fingerprint density at radius 2 is 2.17 bits per heavy atom. The van der Waals surface area contributed by atoms with Crippen molar-refractivity contribution < 1.29 is 14.3 Å². The zero-order valence-corrected chi connectivity index (χ0v) is 10.6. The van der Waals surface area contributed by atoms with Gasteiger partial charge < -0.3 is 14.3 Å². The van der Waals surface area contributed by atoms with Crippen LogP contribution in [0, 0.1) is 0 Å². The van der Waals surface area contributed by atoms with E-state index < -0.39 is 6.10 Å². The summed E-state index contributed by atoms with van der Waals surface area (Å²) >= 11 is 1.72. The average molecular weight is 262 g/mol. The van der Waals surface area contributed by atoms with Gasteiger partial charge in [-0.3, -0.25) is 0 Å². The molecule has 2 unspecified atom stereocenters. The number of aliphatic hydroxyl groups is 1. The molecule has 3 rings (SSSR count). The molecule has 3 nitrogen and oxygen atoms in total. The number of aliphatic hydroxyl groups excluding tert-OH is 1. The number of hydrogen-bond acceptors (Lipinski definition) is 4. The highest BCUT2D eigenvalue weighted by Gasteiger charge is 2.27. The fourth-order valence-electron chi connectivity index (χ4n) is 1.99. The fourth-order valence-corrected chi connectivity index (χ4v) is 3.06. The van der Waals surface area contributed by atoms with Crippen LogP contribution < -0.4 is 4.74 Å². The lowest BCUT2D eigenvalue weighted by atomic mass is 10.1. The number of fused-ring (bicyclic) bond motifs is 1. The zero-order chi connectivity index (χ0) is 12.4. The van der Waals surface area contributed by atoms with Gasteiger partial charge in [-0.05, 0) is 24.3 Å². The number of furan rings is 1. The first-order chi connectivity index (χ1) is 8.83. The maximum absolute atomic E-state index is 10.2. The second-order valence-electron chi connectivity index (χ2n) is 4.26. The first-order valence-corrected chi connectivity index (χ1v) is 6.90. The summed E-state index contributed by atoms with van der Waals surface area (Å²) in [5.41, 5.74) is 0. The summed E-state index contributed by atoms with van der Waals surface area (Å²) < 4.78 is 11.1. The lowest BCUT2D eigenvalue weighted by Gasteiger charge is -2.28. The van der Waals surface area contributed by atoms with Crippen LogP contribution in [-0.4, -0.2) is 23.1 Å². The smallest absolute Gasteiger partial charge is 0.134 e. The van der Waals surface area contributed by atoms with E-state index in [1.807, 2.05) is 36.4 Å². The summed E-state index contributed by atoms with van der Waals surface area (Å²) in [5.74, 6) is 2.41. The van der Waals surface area contributed by atoms with Crippen LogP contribution in [0.2, 0.25) is 0 Å². The molecule has 1 aromatic heterocycles. The normalized spacial score (nSPS) is 19.9. The second kappa shape index (κ2) is 5.08. The molecule has 2 atom stereocenters. The topological polar surface area (TPSA) is 42.6 Å². The highest BCUT2D eigenvalue weighted by molar-refractivity contribution is 7.99. The summed E-state index contributed by atoms with van der Waals surface area (Å²) in [6.07, 6.45) is 1.38. The maximum Gasteiger partial charge on any atom is 0.134 e. The average Bonchev–Trinajstić information content (AvgIpc) is 2.91. The van der Waals surface area contributed by atoms with Crippen molar-refractivity contribution >= 4 is 11.8 Å². The van der Waals surface area contributed by atoms with Gasteiger partial charge in [0.2, 0.25) is 0 Å². The fraction of sp³-hybridized carbons (Fsp3) is 0.286. The van der Waals surface area contributed by atoms with Crippen LogP contribution in [-0.2, 0) is 6.42 Å². The minimum absolute atomic E-state index is 0.185. The molecule has 0 spiro atoms. The monoisotopic (exact) mass is 262 g/mol. The SMILES string of the molecule is OC(Cc1ccco1)C1CSc2ccccc2O1. The Kier molecular flexibility index (Phi) is 3.30. The van der Waals surface area contributed by atoms with Crippen molar-refractivity contribution in [2.75, 3.05) is 5.75 Å². The number of benzene rings is 1. The molecule has 1 N–H and O–H groups in total. The molecule has 0 amide bonds. The van der Waals surface area contributed by atoms with E-state index in [0.29, 0.717) is 6.42 Å². The van der Waals surface area contributed by atoms with Gasteiger partial charge in [-0.2, -0.15) is 0 Å². The third kappa shape index (κ3) is 2.40. The Labute approximate surface area is 110 Å². The molecule has 1 aromatic carbocycles. The highest BCUT2D eigenvalue weighted by atomic mass is 32.2. The van der Waals surface area contributed by atoms with Gasteiger partial charge >= 0.3 is 0 Å². The van der Waals surface area contributed by atoms with Crippen LogP contribution in [0.5, 0.6) is 5.75 Å². The van der Waals surface area contributed by atoms with Crippen molar-refractivity contribution in [3.63, 3.8) is 0 Å². The van der Waals surface area contributed by atoms with E-state index in [0.717, 1.165) is 22.2 Å². The van der Waals surface area contributed by atoms with Crippen LogP contribution in [0.3, 0.4) is 0 Å². The Balaban J connectivity index is 1.68. The minimum Gasteiger partial charge on any atom is -0.486 e. The van der Waals surface area contributed by atoms with E-state index in [2.05, 4.69) is 0 Å². The van der Waals surface area contributed by atoms with E-state index in [1.54, 1.807) is 18.0 Å². The van der Waals surface area contributed by atoms with E-state index in [1.165, 1.54) is 0 Å². The zero-order valence-electron chi connectivity index (χ0n) is 9.78. The van der Waals surface area contributed by atoms with Gasteiger partial charge in [-0.25, -0.2) is 0 Å². The predicted octanol–water partition coefficient (Wildman–Crippen LogP) is 2.74. The van der Waals surface area contributed by atoms with Crippen molar-refractivity contribution in [3.05, 3.63) is 48.4 Å². The molecule has 2 aromatic rings. The van der Waals surface area contributed by atoms with Crippen LogP contribution >= 0.6 is 11.8 Å². The summed E-state index contributed by atoms with van der Waals surface area (Å²) in [5, 5.41) is 10.2. The molecule has 0 aliphatic carbocycles. The van der Waals surface area contributed by atoms with Crippen LogP contribution in [0.25, 0.3) is 0 Å². The first kappa shape index (κ1) is 11.7. The molecule has 18 heavy (non-hydrogen) atoms. The lowest BCUT2D eigenvalue weighted by Crippen LogP contribution is -2.37. The van der Waals surface area contributed by atoms with Gasteiger partial charge in [-0.1, -0.05) is 12.1 Å². The molecule has 0 saturated heterocycles. The second-order valence-corrected chi connectivity index (χ2v) is 5.33. The van der Waals surface area contributed by atoms with Gasteiger partial charge in [0.1, 0.15) is 17.6 Å². The molecule has 4 heteroatoms. The minimum atomic E-state index is -0.544. The van der Waals surface area contributed by atoms with Crippen molar-refractivity contribution in [2.24, 2.45) is 0 Å². The summed E-state index contributed by atoms with van der Waals surface area (Å²) in [7, 11) is 0. The molecule has 1 aliphatic rings. The molecular formula is C14H14O3S. The quantitative estimate of drug-likeness (QED) is 0.923.